The molecular weight excluding hydrogens is 238 g/mol. The van der Waals surface area contributed by atoms with Gasteiger partial charge in [0.1, 0.15) is 12.2 Å². The summed E-state index contributed by atoms with van der Waals surface area (Å²) >= 11 is 0. The number of carbonyl (C=O) groups excluding carboxylic acids is 1. The maximum absolute atomic E-state index is 12.4. The van der Waals surface area contributed by atoms with Gasteiger partial charge >= 0.3 is 0 Å². The first-order valence-electron chi connectivity index (χ1n) is 6.33. The Morgan fingerprint density at radius 1 is 1.32 bits per heavy atom. The van der Waals surface area contributed by atoms with Gasteiger partial charge in [0.05, 0.1) is 11.6 Å². The van der Waals surface area contributed by atoms with Crippen LogP contribution >= 0.6 is 0 Å². The topological polar surface area (TPSA) is 57.0 Å². The number of nitrogens with zero attached hydrogens (tertiary/aromatic N) is 3. The second kappa shape index (κ2) is 4.69. The van der Waals surface area contributed by atoms with Gasteiger partial charge in [-0.05, 0) is 25.0 Å². The van der Waals surface area contributed by atoms with Crippen molar-refractivity contribution in [3.05, 3.63) is 42.1 Å². The number of pyridine rings is 1. The van der Waals surface area contributed by atoms with Crippen molar-refractivity contribution in [2.45, 2.75) is 18.9 Å². The zero-order valence-electron chi connectivity index (χ0n) is 10.4. The largest absolute Gasteiger partial charge is 0.321 e. The minimum absolute atomic E-state index is 0.137. The number of hydrogen-bond donors (Lipinski definition) is 0. The van der Waals surface area contributed by atoms with Crippen molar-refractivity contribution in [3.8, 4) is 6.07 Å². The highest BCUT2D eigenvalue weighted by molar-refractivity contribution is 5.95. The molecule has 4 heteroatoms. The molecule has 4 nitrogen and oxygen atoms in total. The Labute approximate surface area is 111 Å². The number of hydrogen-bond acceptors (Lipinski definition) is 3. The maximum atomic E-state index is 12.4. The molecule has 1 aromatic carbocycles. The molecule has 19 heavy (non-hydrogen) atoms. The minimum atomic E-state index is -0.144. The van der Waals surface area contributed by atoms with Gasteiger partial charge in [0.2, 0.25) is 0 Å². The van der Waals surface area contributed by atoms with Crippen LogP contribution < -0.4 is 0 Å². The summed E-state index contributed by atoms with van der Waals surface area (Å²) in [7, 11) is 0. The van der Waals surface area contributed by atoms with Gasteiger partial charge in [0.25, 0.3) is 5.91 Å². The Kier molecular flexibility index (Phi) is 2.88. The molecule has 1 aliphatic carbocycles. The number of carbonyl (C=O) groups is 1. The lowest BCUT2D eigenvalue weighted by molar-refractivity contribution is 0.0759. The van der Waals surface area contributed by atoms with Crippen LogP contribution in [0.4, 0.5) is 0 Å². The molecule has 0 atom stereocenters. The van der Waals surface area contributed by atoms with E-state index in [1.165, 1.54) is 0 Å². The summed E-state index contributed by atoms with van der Waals surface area (Å²) in [5.74, 6) is -0.144. The van der Waals surface area contributed by atoms with Crippen molar-refractivity contribution in [3.63, 3.8) is 0 Å². The second-order valence-corrected chi connectivity index (χ2v) is 4.71. The van der Waals surface area contributed by atoms with Crippen LogP contribution in [0.25, 0.3) is 10.9 Å². The smallest absolute Gasteiger partial charge is 0.273 e. The van der Waals surface area contributed by atoms with Gasteiger partial charge in [0, 0.05) is 11.4 Å². The molecule has 0 radical (unpaired) electrons. The summed E-state index contributed by atoms with van der Waals surface area (Å²) in [6.45, 7) is 0.137. The lowest BCUT2D eigenvalue weighted by Gasteiger charge is -2.18. The molecule has 1 fully saturated rings. The van der Waals surface area contributed by atoms with Crippen LogP contribution in [0.1, 0.15) is 23.3 Å². The fourth-order valence-electron chi connectivity index (χ4n) is 2.16. The standard InChI is InChI=1S/C15H13N3O/c16-9-10-18(12-6-7-12)15(19)14-8-5-11-3-1-2-4-13(11)17-14/h1-5,8,12H,6-7,10H2. The number of amides is 1. The Bertz CT molecular complexity index is 670. The number of nitriles is 1. The van der Waals surface area contributed by atoms with Crippen molar-refractivity contribution in [1.82, 2.24) is 9.88 Å². The van der Waals surface area contributed by atoms with Crippen molar-refractivity contribution < 1.29 is 4.79 Å². The SMILES string of the molecule is N#CCN(C(=O)c1ccc2ccccc2n1)C1CC1. The van der Waals surface area contributed by atoms with Gasteiger partial charge in [-0.3, -0.25) is 4.79 Å². The molecular formula is C15H13N3O. The quantitative estimate of drug-likeness (QED) is 0.787. The maximum Gasteiger partial charge on any atom is 0.273 e. The Morgan fingerprint density at radius 2 is 2.11 bits per heavy atom. The third kappa shape index (κ3) is 2.27. The number of rotatable bonds is 3. The monoisotopic (exact) mass is 251 g/mol. The predicted octanol–water partition coefficient (Wildman–Crippen LogP) is 2.36. The normalized spacial score (nSPS) is 14.1. The van der Waals surface area contributed by atoms with Crippen molar-refractivity contribution in [1.29, 1.82) is 5.26 Å². The van der Waals surface area contributed by atoms with Crippen LogP contribution in [0.3, 0.4) is 0 Å². The van der Waals surface area contributed by atoms with Crippen LogP contribution in [-0.4, -0.2) is 28.4 Å². The van der Waals surface area contributed by atoms with Crippen LogP contribution in [-0.2, 0) is 0 Å². The number of para-hydroxylation sites is 1. The second-order valence-electron chi connectivity index (χ2n) is 4.71. The average molecular weight is 251 g/mol. The molecule has 0 N–H and O–H groups in total. The molecule has 2 aromatic rings. The first-order chi connectivity index (χ1) is 9.29. The molecule has 0 bridgehead atoms. The zero-order valence-corrected chi connectivity index (χ0v) is 10.4. The highest BCUT2D eigenvalue weighted by atomic mass is 16.2. The molecule has 0 aliphatic heterocycles. The molecule has 0 saturated heterocycles. The summed E-state index contributed by atoms with van der Waals surface area (Å²) in [6.07, 6.45) is 1.97. The highest BCUT2D eigenvalue weighted by Crippen LogP contribution is 2.27. The van der Waals surface area contributed by atoms with Gasteiger partial charge in [0.15, 0.2) is 0 Å². The third-order valence-electron chi connectivity index (χ3n) is 3.31. The van der Waals surface area contributed by atoms with Crippen molar-refractivity contribution in [2.75, 3.05) is 6.54 Å². The molecule has 1 heterocycles. The van der Waals surface area contributed by atoms with Crippen molar-refractivity contribution >= 4 is 16.8 Å². The number of aromatic nitrogens is 1. The van der Waals surface area contributed by atoms with Crippen LogP contribution in [0.2, 0.25) is 0 Å². The summed E-state index contributed by atoms with van der Waals surface area (Å²) in [6, 6.07) is 13.6. The van der Waals surface area contributed by atoms with Gasteiger partial charge in [-0.1, -0.05) is 24.3 Å². The van der Waals surface area contributed by atoms with Gasteiger partial charge in [-0.25, -0.2) is 4.98 Å². The summed E-state index contributed by atoms with van der Waals surface area (Å²) in [4.78, 5) is 18.4. The lowest BCUT2D eigenvalue weighted by atomic mass is 10.2. The van der Waals surface area contributed by atoms with Gasteiger partial charge in [-0.15, -0.1) is 0 Å². The van der Waals surface area contributed by atoms with E-state index in [-0.39, 0.29) is 18.5 Å². The molecule has 0 unspecified atom stereocenters. The van der Waals surface area contributed by atoms with Gasteiger partial charge in [-0.2, -0.15) is 5.26 Å². The van der Waals surface area contributed by atoms with E-state index in [9.17, 15) is 4.79 Å². The highest BCUT2D eigenvalue weighted by Gasteiger charge is 2.33. The van der Waals surface area contributed by atoms with Gasteiger partial charge < -0.3 is 4.90 Å². The third-order valence-corrected chi connectivity index (χ3v) is 3.31. The summed E-state index contributed by atoms with van der Waals surface area (Å²) < 4.78 is 0. The fraction of sp³-hybridized carbons (Fsp3) is 0.267. The Hall–Kier alpha value is -2.41. The van der Waals surface area contributed by atoms with E-state index in [0.717, 1.165) is 23.7 Å². The molecule has 1 saturated carbocycles. The van der Waals surface area contributed by atoms with E-state index in [0.29, 0.717) is 5.69 Å². The molecule has 1 aromatic heterocycles. The van der Waals surface area contributed by atoms with E-state index < -0.39 is 0 Å². The van der Waals surface area contributed by atoms with Crippen molar-refractivity contribution in [2.24, 2.45) is 0 Å². The van der Waals surface area contributed by atoms with Crippen LogP contribution in [0, 0.1) is 11.3 Å². The first-order valence-corrected chi connectivity index (χ1v) is 6.33. The van der Waals surface area contributed by atoms with E-state index >= 15 is 0 Å². The molecule has 94 valence electrons. The minimum Gasteiger partial charge on any atom is -0.321 e. The average Bonchev–Trinajstić information content (AvgIpc) is 3.28. The summed E-state index contributed by atoms with van der Waals surface area (Å²) in [5.41, 5.74) is 1.22. The lowest BCUT2D eigenvalue weighted by Crippen LogP contribution is -2.34. The first kappa shape index (κ1) is 11.7. The van der Waals surface area contributed by atoms with E-state index in [2.05, 4.69) is 11.1 Å². The predicted molar refractivity (Wildman–Crippen MR) is 71.4 cm³/mol. The molecule has 1 aliphatic rings. The molecule has 3 rings (SSSR count). The van der Waals surface area contributed by atoms with Crippen LogP contribution in [0.5, 0.6) is 0 Å². The summed E-state index contributed by atoms with van der Waals surface area (Å²) in [5, 5.41) is 9.83. The van der Waals surface area contributed by atoms with E-state index in [1.807, 2.05) is 30.3 Å². The Morgan fingerprint density at radius 3 is 2.84 bits per heavy atom. The van der Waals surface area contributed by atoms with E-state index in [1.54, 1.807) is 11.0 Å². The number of fused-ring (bicyclic) bond motifs is 1. The Balaban J connectivity index is 1.94. The zero-order chi connectivity index (χ0) is 13.2. The van der Waals surface area contributed by atoms with Crippen LogP contribution in [0.15, 0.2) is 36.4 Å². The fourth-order valence-corrected chi connectivity index (χ4v) is 2.16. The molecule has 1 amide bonds. The van der Waals surface area contributed by atoms with E-state index in [4.69, 9.17) is 5.26 Å². The number of benzene rings is 1. The molecule has 0 spiro atoms.